The summed E-state index contributed by atoms with van der Waals surface area (Å²) >= 11 is 0. The molecule has 0 radical (unpaired) electrons. The third kappa shape index (κ3) is 72.2. The van der Waals surface area contributed by atoms with Gasteiger partial charge in [-0.2, -0.15) is 0 Å². The molecular formula is C78H152O17P2. The first-order chi connectivity index (χ1) is 47.2. The first-order valence-electron chi connectivity index (χ1n) is 40.8. The molecular weight excluding hydrogens is 1270 g/mol. The minimum absolute atomic E-state index is 0.108. The number of unbranched alkanes of at least 4 members (excludes halogenated alkanes) is 53. The van der Waals surface area contributed by atoms with Gasteiger partial charge in [0.05, 0.1) is 26.4 Å². The van der Waals surface area contributed by atoms with Crippen LogP contribution >= 0.6 is 15.6 Å². The highest BCUT2D eigenvalue weighted by Gasteiger charge is 2.30. The number of phosphoric ester groups is 2. The van der Waals surface area contributed by atoms with Crippen molar-refractivity contribution >= 4 is 39.5 Å². The minimum Gasteiger partial charge on any atom is -0.462 e. The summed E-state index contributed by atoms with van der Waals surface area (Å²) in [6, 6.07) is 0. The highest BCUT2D eigenvalue weighted by Crippen LogP contribution is 2.45. The van der Waals surface area contributed by atoms with E-state index in [1.165, 1.54) is 250 Å². The third-order valence-corrected chi connectivity index (χ3v) is 20.3. The summed E-state index contributed by atoms with van der Waals surface area (Å²) < 4.78 is 68.6. The number of carbonyl (C=O) groups excluding carboxylic acids is 4. The van der Waals surface area contributed by atoms with Crippen molar-refractivity contribution in [1.29, 1.82) is 0 Å². The Morgan fingerprint density at radius 3 is 0.608 bits per heavy atom. The molecule has 3 unspecified atom stereocenters. The van der Waals surface area contributed by atoms with Gasteiger partial charge in [0.2, 0.25) is 0 Å². The summed E-state index contributed by atoms with van der Waals surface area (Å²) in [5, 5.41) is 10.6. The molecule has 0 saturated carbocycles. The van der Waals surface area contributed by atoms with Gasteiger partial charge in [0.1, 0.15) is 19.3 Å². The van der Waals surface area contributed by atoms with Gasteiger partial charge in [-0.3, -0.25) is 37.3 Å². The molecule has 0 amide bonds. The molecule has 0 aromatic heterocycles. The second-order valence-electron chi connectivity index (χ2n) is 28.1. The van der Waals surface area contributed by atoms with Crippen LogP contribution in [0.2, 0.25) is 0 Å². The largest absolute Gasteiger partial charge is 0.472 e. The first-order valence-corrected chi connectivity index (χ1v) is 43.8. The SMILES string of the molecule is CCCCCCCCCCCCCCCCCCCC(=O)OC[C@H](COP(=O)(O)OCC(O)COP(=O)(O)OC[C@@H](COC(=O)CCCCCCCCCCCCC)OC(=O)CCCCCCCCCCCCCC)OC(=O)CCCCCCCCCCCCCCCCCCC. The molecule has 0 aliphatic heterocycles. The zero-order valence-corrected chi connectivity index (χ0v) is 64.8. The fourth-order valence-corrected chi connectivity index (χ4v) is 13.7. The molecule has 0 aromatic rings. The van der Waals surface area contributed by atoms with Crippen LogP contribution in [0.5, 0.6) is 0 Å². The Hall–Kier alpha value is -1.94. The molecule has 0 rings (SSSR count). The molecule has 19 heteroatoms. The van der Waals surface area contributed by atoms with Crippen molar-refractivity contribution < 1.29 is 80.2 Å². The Morgan fingerprint density at radius 1 is 0.247 bits per heavy atom. The molecule has 3 N–H and O–H groups in total. The van der Waals surface area contributed by atoms with E-state index in [1.807, 2.05) is 0 Å². The Bertz CT molecular complexity index is 1840. The number of ether oxygens (including phenoxy) is 4. The summed E-state index contributed by atoms with van der Waals surface area (Å²) in [4.78, 5) is 72.9. The fourth-order valence-electron chi connectivity index (χ4n) is 12.1. The Morgan fingerprint density at radius 2 is 0.412 bits per heavy atom. The predicted molar refractivity (Wildman–Crippen MR) is 395 cm³/mol. The zero-order valence-electron chi connectivity index (χ0n) is 63.1. The molecule has 0 aliphatic rings. The van der Waals surface area contributed by atoms with Crippen molar-refractivity contribution in [2.24, 2.45) is 0 Å². The van der Waals surface area contributed by atoms with Crippen LogP contribution in [0.15, 0.2) is 0 Å². The maximum atomic E-state index is 13.1. The van der Waals surface area contributed by atoms with E-state index in [1.54, 1.807) is 0 Å². The van der Waals surface area contributed by atoms with Gasteiger partial charge < -0.3 is 33.8 Å². The number of aliphatic hydroxyl groups is 1. The Kier molecular flexibility index (Phi) is 71.0. The number of rotatable bonds is 79. The topological polar surface area (TPSA) is 237 Å². The van der Waals surface area contributed by atoms with E-state index in [4.69, 9.17) is 37.0 Å². The van der Waals surface area contributed by atoms with Gasteiger partial charge in [-0.05, 0) is 25.7 Å². The van der Waals surface area contributed by atoms with E-state index in [0.29, 0.717) is 25.7 Å². The molecule has 5 atom stereocenters. The highest BCUT2D eigenvalue weighted by molar-refractivity contribution is 7.47. The van der Waals surface area contributed by atoms with Crippen LogP contribution in [-0.4, -0.2) is 96.7 Å². The lowest BCUT2D eigenvalue weighted by atomic mass is 10.0. The summed E-state index contributed by atoms with van der Waals surface area (Å²) in [7, 11) is -9.91. The normalized spacial score (nSPS) is 13.8. The number of phosphoric acid groups is 2. The van der Waals surface area contributed by atoms with Gasteiger partial charge >= 0.3 is 39.5 Å². The van der Waals surface area contributed by atoms with Gasteiger partial charge in [-0.25, -0.2) is 9.13 Å². The van der Waals surface area contributed by atoms with Gasteiger partial charge in [-0.1, -0.05) is 368 Å². The number of hydrogen-bond donors (Lipinski definition) is 3. The average molecular weight is 1420 g/mol. The van der Waals surface area contributed by atoms with Crippen LogP contribution in [0.3, 0.4) is 0 Å². The number of aliphatic hydroxyl groups excluding tert-OH is 1. The maximum Gasteiger partial charge on any atom is 0.472 e. The van der Waals surface area contributed by atoms with Gasteiger partial charge in [0.15, 0.2) is 12.2 Å². The molecule has 576 valence electrons. The summed E-state index contributed by atoms with van der Waals surface area (Å²) in [6.45, 7) is 5.01. The monoisotopic (exact) mass is 1420 g/mol. The molecule has 97 heavy (non-hydrogen) atoms. The van der Waals surface area contributed by atoms with Crippen molar-refractivity contribution in [1.82, 2.24) is 0 Å². The Balaban J connectivity index is 5.24. The molecule has 17 nitrogen and oxygen atoms in total. The lowest BCUT2D eigenvalue weighted by Gasteiger charge is -2.21. The number of esters is 4. The predicted octanol–water partition coefficient (Wildman–Crippen LogP) is 23.4. The molecule has 0 heterocycles. The number of carbonyl (C=O) groups is 4. The van der Waals surface area contributed by atoms with Crippen LogP contribution < -0.4 is 0 Å². The highest BCUT2D eigenvalue weighted by atomic mass is 31.2. The van der Waals surface area contributed by atoms with E-state index in [-0.39, 0.29) is 25.7 Å². The molecule has 0 bridgehead atoms. The van der Waals surface area contributed by atoms with Crippen LogP contribution in [0.25, 0.3) is 0 Å². The Labute approximate surface area is 594 Å². The second kappa shape index (κ2) is 72.4. The summed E-state index contributed by atoms with van der Waals surface area (Å²) in [5.41, 5.74) is 0. The van der Waals surface area contributed by atoms with Crippen LogP contribution in [0, 0.1) is 0 Å². The van der Waals surface area contributed by atoms with Crippen molar-refractivity contribution in [3.63, 3.8) is 0 Å². The molecule has 0 aromatic carbocycles. The summed E-state index contributed by atoms with van der Waals surface area (Å²) in [6.07, 6.45) is 63.6. The first kappa shape index (κ1) is 95.1. The van der Waals surface area contributed by atoms with E-state index in [9.17, 15) is 43.2 Å². The van der Waals surface area contributed by atoms with E-state index in [2.05, 4.69) is 27.7 Å². The van der Waals surface area contributed by atoms with E-state index < -0.39 is 97.5 Å². The molecule has 0 spiro atoms. The lowest BCUT2D eigenvalue weighted by Crippen LogP contribution is -2.30. The van der Waals surface area contributed by atoms with E-state index >= 15 is 0 Å². The van der Waals surface area contributed by atoms with Crippen LogP contribution in [0.4, 0.5) is 0 Å². The molecule has 0 aliphatic carbocycles. The van der Waals surface area contributed by atoms with Crippen molar-refractivity contribution in [3.05, 3.63) is 0 Å². The van der Waals surface area contributed by atoms with Crippen molar-refractivity contribution in [2.75, 3.05) is 39.6 Å². The maximum absolute atomic E-state index is 13.1. The quantitative estimate of drug-likeness (QED) is 0.0222. The lowest BCUT2D eigenvalue weighted by molar-refractivity contribution is -0.161. The fraction of sp³-hybridized carbons (Fsp3) is 0.949. The number of hydrogen-bond acceptors (Lipinski definition) is 15. The van der Waals surface area contributed by atoms with Crippen LogP contribution in [0.1, 0.15) is 419 Å². The average Bonchev–Trinajstić information content (AvgIpc) is 2.06. The van der Waals surface area contributed by atoms with Crippen molar-refractivity contribution in [3.8, 4) is 0 Å². The van der Waals surface area contributed by atoms with Crippen LogP contribution in [-0.2, 0) is 65.4 Å². The third-order valence-electron chi connectivity index (χ3n) is 18.4. The van der Waals surface area contributed by atoms with Gasteiger partial charge in [-0.15, -0.1) is 0 Å². The molecule has 0 saturated heterocycles. The van der Waals surface area contributed by atoms with Crippen molar-refractivity contribution in [2.45, 2.75) is 438 Å². The van der Waals surface area contributed by atoms with E-state index in [0.717, 1.165) is 89.9 Å². The smallest absolute Gasteiger partial charge is 0.462 e. The van der Waals surface area contributed by atoms with Gasteiger partial charge in [0, 0.05) is 25.7 Å². The summed E-state index contributed by atoms with van der Waals surface area (Å²) in [5.74, 6) is -2.11. The standard InChI is InChI=1S/C78H152O17P2/c1-5-9-13-17-21-25-29-32-34-36-38-40-44-47-51-55-59-63-76(81)89-69-74(95-78(83)65-61-57-53-49-45-41-39-37-35-33-30-26-22-18-14-10-6-2)71-93-97(86,87)91-67-72(79)66-90-96(84,85)92-70-73(68-88-75(80)62-58-54-50-46-42-28-24-20-16-12-8-4)94-77(82)64-60-56-52-48-43-31-27-23-19-15-11-7-3/h72-74,79H,5-71H2,1-4H3,(H,84,85)(H,86,87)/t72?,73-,74-/m1/s1. The van der Waals surface area contributed by atoms with Gasteiger partial charge in [0.25, 0.3) is 0 Å². The minimum atomic E-state index is -4.96. The zero-order chi connectivity index (χ0) is 71.1. The second-order valence-corrected chi connectivity index (χ2v) is 31.0. The molecule has 0 fully saturated rings.